The average Bonchev–Trinajstić information content (AvgIpc) is 3.03. The lowest BCUT2D eigenvalue weighted by molar-refractivity contribution is -0.138. The number of aliphatic hydroxyl groups is 2. The number of fused-ring (bicyclic) bond motifs is 1. The molecule has 1 saturated heterocycles. The van der Waals surface area contributed by atoms with Crippen molar-refractivity contribution < 1.29 is 19.7 Å². The highest BCUT2D eigenvalue weighted by Crippen LogP contribution is 2.30. The maximum absolute atomic E-state index is 8.79. The summed E-state index contributed by atoms with van der Waals surface area (Å²) in [5.74, 6) is -0.422. The van der Waals surface area contributed by atoms with Crippen LogP contribution in [0.2, 0.25) is 0 Å². The van der Waals surface area contributed by atoms with Gasteiger partial charge < -0.3 is 19.7 Å². The maximum atomic E-state index is 8.79. The fourth-order valence-electron chi connectivity index (χ4n) is 2.05. The molecule has 0 bridgehead atoms. The molecule has 0 aromatic rings. The summed E-state index contributed by atoms with van der Waals surface area (Å²) in [6.07, 6.45) is 15.9. The zero-order valence-corrected chi connectivity index (χ0v) is 20.6. The van der Waals surface area contributed by atoms with Crippen molar-refractivity contribution in [3.8, 4) is 0 Å². The van der Waals surface area contributed by atoms with Gasteiger partial charge in [0.1, 0.15) is 24.4 Å². The van der Waals surface area contributed by atoms with E-state index in [4.69, 9.17) is 19.7 Å². The second-order valence-electron chi connectivity index (χ2n) is 6.50. The first-order chi connectivity index (χ1) is 13.8. The minimum atomic E-state index is -0.708. The molecule has 0 amide bonds. The molecule has 0 spiro atoms. The molecule has 4 heteroatoms. The van der Waals surface area contributed by atoms with Gasteiger partial charge in [-0.3, -0.25) is 0 Å². The molecule has 0 aromatic heterocycles. The zero-order chi connectivity index (χ0) is 23.3. The molecule has 0 aromatic carbocycles. The fraction of sp³-hybridized carbons (Fsp3) is 0.680. The van der Waals surface area contributed by atoms with Gasteiger partial charge in [-0.05, 0) is 13.8 Å². The highest BCUT2D eigenvalue weighted by Gasteiger charge is 2.38. The third-order valence-electron chi connectivity index (χ3n) is 2.95. The van der Waals surface area contributed by atoms with Crippen LogP contribution in [0.15, 0.2) is 48.6 Å². The number of rotatable bonds is 0. The lowest BCUT2D eigenvalue weighted by atomic mass is 10.1. The van der Waals surface area contributed by atoms with Crippen LogP contribution in [0.3, 0.4) is 0 Å². The smallest absolute Gasteiger partial charge is 0.164 e. The summed E-state index contributed by atoms with van der Waals surface area (Å²) in [5.41, 5.74) is 0. The van der Waals surface area contributed by atoms with Gasteiger partial charge in [0.25, 0.3) is 0 Å². The molecule has 4 atom stereocenters. The number of ether oxygens (including phenoxy) is 2. The second-order valence-corrected chi connectivity index (χ2v) is 6.50. The average molecular weight is 413 g/mol. The topological polar surface area (TPSA) is 58.9 Å². The zero-order valence-electron chi connectivity index (χ0n) is 20.6. The van der Waals surface area contributed by atoms with E-state index < -0.39 is 18.0 Å². The van der Waals surface area contributed by atoms with E-state index in [1.54, 1.807) is 24.3 Å². The van der Waals surface area contributed by atoms with E-state index >= 15 is 0 Å². The van der Waals surface area contributed by atoms with E-state index in [1.807, 2.05) is 65.8 Å². The van der Waals surface area contributed by atoms with E-state index in [-0.39, 0.29) is 12.2 Å². The van der Waals surface area contributed by atoms with E-state index in [1.165, 1.54) is 12.8 Å². The Morgan fingerprint density at radius 1 is 0.621 bits per heavy atom. The lowest BCUT2D eigenvalue weighted by Gasteiger charge is -2.15. The molecule has 0 unspecified atom stereocenters. The highest BCUT2D eigenvalue weighted by atomic mass is 16.7. The molecule has 3 rings (SSSR count). The third-order valence-corrected chi connectivity index (χ3v) is 2.95. The summed E-state index contributed by atoms with van der Waals surface area (Å²) in [6, 6.07) is 0. The van der Waals surface area contributed by atoms with Crippen molar-refractivity contribution >= 4 is 0 Å². The van der Waals surface area contributed by atoms with Gasteiger partial charge in [-0.25, -0.2) is 0 Å². The monoisotopic (exact) mass is 412 g/mol. The van der Waals surface area contributed by atoms with E-state index in [9.17, 15) is 0 Å². The Morgan fingerprint density at radius 2 is 0.862 bits per heavy atom. The maximum Gasteiger partial charge on any atom is 0.164 e. The Kier molecular flexibility index (Phi) is 24.1. The molecular formula is C25H48O4. The minimum Gasteiger partial charge on any atom is -0.386 e. The Hall–Kier alpha value is -1.20. The van der Waals surface area contributed by atoms with Crippen LogP contribution in [0.4, 0.5) is 0 Å². The third kappa shape index (κ3) is 17.4. The molecule has 1 fully saturated rings. The first kappa shape index (κ1) is 32.5. The van der Waals surface area contributed by atoms with E-state index in [0.29, 0.717) is 0 Å². The first-order valence-electron chi connectivity index (χ1n) is 11.2. The Balaban J connectivity index is -0.000000332. The standard InChI is InChI=1S/C9H12O2.C6H8O2.2C3H8.2C2H6/c1-9(2)10-7-5-3-4-6-8(7)11-9;7-5-3-1-2-4-6(5)8;2*1-3-2;2*1-2/h3-8H,1-2H3;1-8H;2*3H2,1-2H3;2*1-2H3/t7-,8+;5-,6+;;;;. The summed E-state index contributed by atoms with van der Waals surface area (Å²) < 4.78 is 11.2. The van der Waals surface area contributed by atoms with E-state index in [2.05, 4.69) is 27.7 Å². The number of aliphatic hydroxyl groups excluding tert-OH is 2. The van der Waals surface area contributed by atoms with Crippen LogP contribution in [0.25, 0.3) is 0 Å². The van der Waals surface area contributed by atoms with Crippen LogP contribution in [-0.2, 0) is 9.47 Å². The van der Waals surface area contributed by atoms with E-state index in [0.717, 1.165) is 0 Å². The fourth-order valence-corrected chi connectivity index (χ4v) is 2.05. The number of hydrogen-bond acceptors (Lipinski definition) is 4. The van der Waals surface area contributed by atoms with Crippen LogP contribution < -0.4 is 0 Å². The molecule has 1 heterocycles. The van der Waals surface area contributed by atoms with Gasteiger partial charge in [0.2, 0.25) is 0 Å². The van der Waals surface area contributed by atoms with Gasteiger partial charge in [0, 0.05) is 0 Å². The summed E-state index contributed by atoms with van der Waals surface area (Å²) in [6.45, 7) is 20.4. The predicted octanol–water partition coefficient (Wildman–Crippen LogP) is 6.35. The Bertz CT molecular complexity index is 410. The molecule has 2 aliphatic carbocycles. The quantitative estimate of drug-likeness (QED) is 0.486. The van der Waals surface area contributed by atoms with Crippen LogP contribution in [0, 0.1) is 0 Å². The number of hydrogen-bond donors (Lipinski definition) is 2. The molecule has 2 N–H and O–H groups in total. The van der Waals surface area contributed by atoms with Gasteiger partial charge in [-0.15, -0.1) is 0 Å². The summed E-state index contributed by atoms with van der Waals surface area (Å²) in [4.78, 5) is 0. The van der Waals surface area contributed by atoms with Gasteiger partial charge in [0.05, 0.1) is 0 Å². The van der Waals surface area contributed by atoms with Gasteiger partial charge in [-0.1, -0.05) is 117 Å². The Morgan fingerprint density at radius 3 is 1.10 bits per heavy atom. The SMILES string of the molecule is CC.CC.CC1(C)O[C@H]2C=CC=C[C@H]2O1.CCC.CCC.O[C@@H]1C=CC=C[C@@H]1O. The van der Waals surface area contributed by atoms with Crippen molar-refractivity contribution in [1.82, 2.24) is 0 Å². The summed E-state index contributed by atoms with van der Waals surface area (Å²) in [7, 11) is 0. The van der Waals surface area contributed by atoms with Crippen molar-refractivity contribution in [2.75, 3.05) is 0 Å². The van der Waals surface area contributed by atoms with Crippen molar-refractivity contribution in [2.45, 2.75) is 112 Å². The normalized spacial score (nSPS) is 26.3. The van der Waals surface area contributed by atoms with Crippen LogP contribution in [0.1, 0.15) is 82.1 Å². The first-order valence-corrected chi connectivity index (χ1v) is 11.2. The molecule has 3 aliphatic rings. The highest BCUT2D eigenvalue weighted by molar-refractivity contribution is 5.18. The van der Waals surface area contributed by atoms with Crippen LogP contribution in [0.5, 0.6) is 0 Å². The summed E-state index contributed by atoms with van der Waals surface area (Å²) in [5, 5.41) is 17.6. The van der Waals surface area contributed by atoms with Crippen LogP contribution in [-0.4, -0.2) is 40.4 Å². The number of allylic oxidation sites excluding steroid dienone is 4. The van der Waals surface area contributed by atoms with Crippen LogP contribution >= 0.6 is 0 Å². The minimum absolute atomic E-state index is 0.120. The largest absolute Gasteiger partial charge is 0.386 e. The van der Waals surface area contributed by atoms with Crippen molar-refractivity contribution in [2.24, 2.45) is 0 Å². The van der Waals surface area contributed by atoms with Crippen molar-refractivity contribution in [1.29, 1.82) is 0 Å². The van der Waals surface area contributed by atoms with Gasteiger partial charge in [-0.2, -0.15) is 0 Å². The lowest BCUT2D eigenvalue weighted by Crippen LogP contribution is -2.22. The molecule has 0 saturated carbocycles. The summed E-state index contributed by atoms with van der Waals surface area (Å²) >= 11 is 0. The molecule has 172 valence electrons. The molecule has 4 nitrogen and oxygen atoms in total. The van der Waals surface area contributed by atoms with Crippen molar-refractivity contribution in [3.05, 3.63) is 48.6 Å². The van der Waals surface area contributed by atoms with Gasteiger partial charge in [0.15, 0.2) is 5.79 Å². The Labute approximate surface area is 181 Å². The predicted molar refractivity (Wildman–Crippen MR) is 127 cm³/mol. The molecule has 0 radical (unpaired) electrons. The molecule has 29 heavy (non-hydrogen) atoms. The van der Waals surface area contributed by atoms with Gasteiger partial charge >= 0.3 is 0 Å². The molecular weight excluding hydrogens is 364 g/mol. The second kappa shape index (κ2) is 21.5. The molecule has 1 aliphatic heterocycles. The van der Waals surface area contributed by atoms with Crippen molar-refractivity contribution in [3.63, 3.8) is 0 Å².